The van der Waals surface area contributed by atoms with Crippen LogP contribution in [0.3, 0.4) is 0 Å². The Morgan fingerprint density at radius 3 is 2.73 bits per heavy atom. The minimum absolute atomic E-state index is 0.0541. The van der Waals surface area contributed by atoms with E-state index in [9.17, 15) is 14.7 Å². The molecule has 1 aliphatic heterocycles. The maximum absolute atomic E-state index is 12.4. The van der Waals surface area contributed by atoms with Crippen LogP contribution in [0.2, 0.25) is 0 Å². The van der Waals surface area contributed by atoms with Gasteiger partial charge in [0.2, 0.25) is 0 Å². The predicted octanol–water partition coefficient (Wildman–Crippen LogP) is 1.98. The molecule has 0 spiro atoms. The van der Waals surface area contributed by atoms with Crippen LogP contribution < -0.4 is 10.3 Å². The van der Waals surface area contributed by atoms with E-state index >= 15 is 0 Å². The first-order valence-corrected chi connectivity index (χ1v) is 8.45. The Hall–Kier alpha value is -3.22. The highest BCUT2D eigenvalue weighted by atomic mass is 16.4. The number of carbonyl (C=O) groups excluding carboxylic acids is 1. The number of rotatable bonds is 6. The van der Waals surface area contributed by atoms with E-state index in [2.05, 4.69) is 22.3 Å². The first kappa shape index (κ1) is 17.6. The van der Waals surface area contributed by atoms with Crippen LogP contribution in [0.25, 0.3) is 0 Å². The van der Waals surface area contributed by atoms with Crippen molar-refractivity contribution in [3.8, 4) is 0 Å². The number of aromatic nitrogens is 1. The van der Waals surface area contributed by atoms with Crippen LogP contribution >= 0.6 is 0 Å². The summed E-state index contributed by atoms with van der Waals surface area (Å²) in [5.74, 6) is -1.39. The van der Waals surface area contributed by atoms with E-state index in [-0.39, 0.29) is 24.6 Å². The number of benzene rings is 1. The summed E-state index contributed by atoms with van der Waals surface area (Å²) in [4.78, 5) is 28.2. The van der Waals surface area contributed by atoms with Gasteiger partial charge in [-0.3, -0.25) is 14.8 Å². The Bertz CT molecular complexity index is 836. The third-order valence-corrected chi connectivity index (χ3v) is 4.20. The van der Waals surface area contributed by atoms with E-state index in [1.807, 2.05) is 18.2 Å². The number of hydrazone groups is 1. The van der Waals surface area contributed by atoms with Gasteiger partial charge in [-0.05, 0) is 36.2 Å². The monoisotopic (exact) mass is 352 g/mol. The molecule has 1 aromatic heterocycles. The zero-order chi connectivity index (χ0) is 18.5. The molecular formula is C19H20N4O3. The van der Waals surface area contributed by atoms with E-state index in [4.69, 9.17) is 0 Å². The van der Waals surface area contributed by atoms with Crippen molar-refractivity contribution in [1.82, 2.24) is 10.3 Å². The number of hydrogen-bond donors (Lipinski definition) is 2. The number of pyridine rings is 1. The van der Waals surface area contributed by atoms with Gasteiger partial charge in [0.05, 0.1) is 17.9 Å². The lowest BCUT2D eigenvalue weighted by Gasteiger charge is -2.19. The number of carboxylic acid groups (broad SMARTS) is 1. The summed E-state index contributed by atoms with van der Waals surface area (Å²) < 4.78 is 0. The van der Waals surface area contributed by atoms with Crippen LogP contribution in [-0.2, 0) is 22.6 Å². The van der Waals surface area contributed by atoms with Crippen LogP contribution in [0.15, 0.2) is 53.8 Å². The van der Waals surface area contributed by atoms with Crippen molar-refractivity contribution >= 4 is 23.3 Å². The number of nitrogens with zero attached hydrogens (tertiary/aromatic N) is 3. The minimum atomic E-state index is -1.02. The molecule has 0 saturated heterocycles. The molecule has 1 aromatic carbocycles. The smallest absolute Gasteiger partial charge is 0.328 e. The summed E-state index contributed by atoms with van der Waals surface area (Å²) in [6, 6.07) is 11.9. The Morgan fingerprint density at radius 2 is 2.04 bits per heavy atom. The summed E-state index contributed by atoms with van der Waals surface area (Å²) in [6.07, 6.45) is 2.66. The van der Waals surface area contributed by atoms with Crippen molar-refractivity contribution in [1.29, 1.82) is 0 Å². The first-order valence-electron chi connectivity index (χ1n) is 8.45. The molecule has 3 rings (SSSR count). The van der Waals surface area contributed by atoms with E-state index in [1.165, 1.54) is 5.01 Å². The molecule has 0 bridgehead atoms. The highest BCUT2D eigenvalue weighted by molar-refractivity contribution is 6.40. The number of para-hydroxylation sites is 1. The fourth-order valence-electron chi connectivity index (χ4n) is 2.78. The van der Waals surface area contributed by atoms with E-state index in [0.717, 1.165) is 17.7 Å². The van der Waals surface area contributed by atoms with Gasteiger partial charge in [0, 0.05) is 12.6 Å². The molecule has 2 heterocycles. The topological polar surface area (TPSA) is 94.9 Å². The number of anilines is 1. The Kier molecular flexibility index (Phi) is 5.26. The van der Waals surface area contributed by atoms with Crippen LogP contribution in [0.1, 0.15) is 24.6 Å². The Balaban J connectivity index is 1.71. The van der Waals surface area contributed by atoms with Gasteiger partial charge in [-0.2, -0.15) is 5.10 Å². The number of carboxylic acids is 1. The first-order chi connectivity index (χ1) is 12.6. The number of nitrogens with one attached hydrogen (secondary N) is 1. The van der Waals surface area contributed by atoms with Gasteiger partial charge in [0.1, 0.15) is 5.71 Å². The largest absolute Gasteiger partial charge is 0.480 e. The minimum Gasteiger partial charge on any atom is -0.480 e. The highest BCUT2D eigenvalue weighted by Crippen LogP contribution is 2.24. The number of aliphatic carboxylic acids is 1. The summed E-state index contributed by atoms with van der Waals surface area (Å²) in [5.41, 5.74) is 2.74. The van der Waals surface area contributed by atoms with Gasteiger partial charge in [-0.1, -0.05) is 25.1 Å². The molecule has 7 heteroatoms. The number of carbonyl (C=O) groups is 2. The summed E-state index contributed by atoms with van der Waals surface area (Å²) in [6.45, 7) is 2.32. The molecule has 1 amide bonds. The third kappa shape index (κ3) is 3.88. The van der Waals surface area contributed by atoms with Crippen LogP contribution in [0.4, 0.5) is 5.69 Å². The standard InChI is InChI=1S/C19H20N4O3/c1-2-13-8-9-20-14(10-13)12-21-18(24)16-11-17(19(25)26)23(22-16)15-6-4-3-5-7-15/h3-10,17H,2,11-12H2,1H3,(H,21,24)(H,25,26). The predicted molar refractivity (Wildman–Crippen MR) is 97.9 cm³/mol. The zero-order valence-corrected chi connectivity index (χ0v) is 14.4. The molecule has 7 nitrogen and oxygen atoms in total. The van der Waals surface area contributed by atoms with Crippen LogP contribution in [0, 0.1) is 0 Å². The van der Waals surface area contributed by atoms with Gasteiger partial charge in [0.15, 0.2) is 6.04 Å². The molecule has 0 saturated carbocycles. The Morgan fingerprint density at radius 1 is 1.27 bits per heavy atom. The second-order valence-corrected chi connectivity index (χ2v) is 5.98. The van der Waals surface area contributed by atoms with Crippen molar-refractivity contribution in [2.24, 2.45) is 5.10 Å². The molecule has 1 atom stereocenters. The maximum Gasteiger partial charge on any atom is 0.328 e. The fraction of sp³-hybridized carbons (Fsp3) is 0.263. The average Bonchev–Trinajstić information content (AvgIpc) is 3.13. The van der Waals surface area contributed by atoms with Crippen molar-refractivity contribution in [2.75, 3.05) is 5.01 Å². The molecule has 0 aliphatic carbocycles. The Labute approximate surface area is 151 Å². The molecule has 1 unspecified atom stereocenters. The van der Waals surface area contributed by atoms with E-state index < -0.39 is 12.0 Å². The molecule has 1 aliphatic rings. The van der Waals surface area contributed by atoms with Crippen molar-refractivity contribution in [3.63, 3.8) is 0 Å². The summed E-state index contributed by atoms with van der Waals surface area (Å²) in [7, 11) is 0. The van der Waals surface area contributed by atoms with Crippen molar-refractivity contribution in [2.45, 2.75) is 32.4 Å². The lowest BCUT2D eigenvalue weighted by Crippen LogP contribution is -2.35. The van der Waals surface area contributed by atoms with Gasteiger partial charge in [-0.25, -0.2) is 4.79 Å². The van der Waals surface area contributed by atoms with E-state index in [0.29, 0.717) is 5.69 Å². The second-order valence-electron chi connectivity index (χ2n) is 5.98. The summed E-state index contributed by atoms with van der Waals surface area (Å²) >= 11 is 0. The van der Waals surface area contributed by atoms with Gasteiger partial charge >= 0.3 is 5.97 Å². The molecule has 2 aromatic rings. The summed E-state index contributed by atoms with van der Waals surface area (Å²) in [5, 5.41) is 17.9. The lowest BCUT2D eigenvalue weighted by molar-refractivity contribution is -0.138. The number of hydrogen-bond acceptors (Lipinski definition) is 5. The maximum atomic E-state index is 12.4. The normalized spacial score (nSPS) is 16.3. The van der Waals surface area contributed by atoms with Crippen LogP contribution in [-0.4, -0.2) is 33.7 Å². The fourth-order valence-corrected chi connectivity index (χ4v) is 2.78. The van der Waals surface area contributed by atoms with E-state index in [1.54, 1.807) is 30.5 Å². The zero-order valence-electron chi connectivity index (χ0n) is 14.4. The van der Waals surface area contributed by atoms with Gasteiger partial charge < -0.3 is 10.4 Å². The average molecular weight is 352 g/mol. The molecule has 2 N–H and O–H groups in total. The van der Waals surface area contributed by atoms with Gasteiger partial charge in [0.25, 0.3) is 5.91 Å². The molecule has 0 radical (unpaired) electrons. The van der Waals surface area contributed by atoms with Crippen LogP contribution in [0.5, 0.6) is 0 Å². The molecule has 134 valence electrons. The SMILES string of the molecule is CCc1ccnc(CNC(=O)C2=NN(c3ccccc3)C(C(=O)O)C2)c1. The molecule has 0 fully saturated rings. The third-order valence-electron chi connectivity index (χ3n) is 4.20. The van der Waals surface area contributed by atoms with Crippen molar-refractivity contribution < 1.29 is 14.7 Å². The van der Waals surface area contributed by atoms with Crippen molar-refractivity contribution in [3.05, 3.63) is 59.9 Å². The number of amides is 1. The number of aryl methyl sites for hydroxylation is 1. The lowest BCUT2D eigenvalue weighted by atomic mass is 10.1. The quantitative estimate of drug-likeness (QED) is 0.829. The highest BCUT2D eigenvalue weighted by Gasteiger charge is 2.36. The molecule has 26 heavy (non-hydrogen) atoms. The molecular weight excluding hydrogens is 332 g/mol. The van der Waals surface area contributed by atoms with Gasteiger partial charge in [-0.15, -0.1) is 0 Å². The second kappa shape index (κ2) is 7.77.